The topological polar surface area (TPSA) is 155 Å². The average molecular weight is 2100 g/mol. The molecule has 0 saturated carbocycles. The molecule has 12 heterocycles. The van der Waals surface area contributed by atoms with Crippen molar-refractivity contribution in [3.63, 3.8) is 0 Å². The molecule has 0 atom stereocenters. The van der Waals surface area contributed by atoms with E-state index in [1.807, 2.05) is 198 Å². The maximum Gasteiger partial charge on any atom is 0.216 e. The molecule has 18 rings (SSSR count). The number of benzene rings is 6. The molecule has 18 aromatic rings. The van der Waals surface area contributed by atoms with Gasteiger partial charge < -0.3 is 43.2 Å². The second kappa shape index (κ2) is 39.5. The number of nitrogens with zero attached hydrogens (tertiary/aromatic N) is 9. The van der Waals surface area contributed by atoms with Crippen LogP contribution in [0.2, 0.25) is 58.9 Å². The first-order chi connectivity index (χ1) is 54.4. The van der Waals surface area contributed by atoms with Crippen LogP contribution in [0, 0.1) is 70.0 Å². The van der Waals surface area contributed by atoms with Gasteiger partial charge in [-0.05, 0) is 138 Å². The molecule has 6 aromatic carbocycles. The number of furan rings is 3. The van der Waals surface area contributed by atoms with Gasteiger partial charge in [-0.25, -0.2) is 9.97 Å². The largest absolute Gasteiger partial charge is 0.499 e. The summed E-state index contributed by atoms with van der Waals surface area (Å²) in [6.07, 6.45) is 12.6. The van der Waals surface area contributed by atoms with E-state index in [-0.39, 0.29) is 60.3 Å². The zero-order chi connectivity index (χ0) is 79.4. The number of hydrogen-bond acceptors (Lipinski definition) is 12. The Bertz CT molecular complexity index is 5930. The molecule has 18 heteroatoms. The predicted molar refractivity (Wildman–Crippen MR) is 473 cm³/mol. The van der Waals surface area contributed by atoms with E-state index in [4.69, 9.17) is 18.2 Å². The Labute approximate surface area is 724 Å². The van der Waals surface area contributed by atoms with Gasteiger partial charge in [-0.15, -0.1) is 179 Å². The number of aryl methyl sites for hydroxylation is 4. The maximum absolute atomic E-state index is 5.98. The molecule has 0 aliphatic rings. The fourth-order valence-electron chi connectivity index (χ4n) is 13.0. The zero-order valence-corrected chi connectivity index (χ0v) is 78.0. The molecular formula is C98H91Ir3N9O3Si3-6. The van der Waals surface area contributed by atoms with E-state index in [0.717, 1.165) is 151 Å². The predicted octanol–water partition coefficient (Wildman–Crippen LogP) is 23.2. The van der Waals surface area contributed by atoms with E-state index >= 15 is 0 Å². The van der Waals surface area contributed by atoms with Crippen LogP contribution < -0.4 is 15.6 Å². The van der Waals surface area contributed by atoms with Crippen LogP contribution in [0.4, 0.5) is 0 Å². The molecule has 0 aliphatic carbocycles. The Hall–Kier alpha value is -10.3. The summed E-state index contributed by atoms with van der Waals surface area (Å²) in [4.78, 5) is 40.3. The van der Waals surface area contributed by atoms with Crippen molar-refractivity contribution in [3.05, 3.63) is 326 Å². The normalized spacial score (nSPS) is 11.1. The molecule has 0 aliphatic heterocycles. The first kappa shape index (κ1) is 88.0. The summed E-state index contributed by atoms with van der Waals surface area (Å²) in [6, 6.07) is 93.6. The molecule has 0 N–H and O–H groups in total. The van der Waals surface area contributed by atoms with Gasteiger partial charge in [-0.1, -0.05) is 161 Å². The van der Waals surface area contributed by atoms with Crippen molar-refractivity contribution < 1.29 is 73.6 Å². The Morgan fingerprint density at radius 1 is 0.328 bits per heavy atom. The van der Waals surface area contributed by atoms with Crippen LogP contribution in [0.25, 0.3) is 134 Å². The van der Waals surface area contributed by atoms with Crippen molar-refractivity contribution >= 4 is 106 Å². The van der Waals surface area contributed by atoms with Gasteiger partial charge in [-0.2, -0.15) is 0 Å². The third-order valence-electron chi connectivity index (χ3n) is 19.0. The molecule has 12 nitrogen and oxygen atoms in total. The van der Waals surface area contributed by atoms with Gasteiger partial charge in [0.15, 0.2) is 0 Å². The van der Waals surface area contributed by atoms with Crippen LogP contribution in [-0.4, -0.2) is 69.1 Å². The number of fused-ring (bicyclic) bond motifs is 9. The molecule has 0 spiro atoms. The Balaban J connectivity index is 0.000000151. The summed E-state index contributed by atoms with van der Waals surface area (Å²) in [5.74, 6) is 0.615. The van der Waals surface area contributed by atoms with Gasteiger partial charge in [0, 0.05) is 131 Å². The summed E-state index contributed by atoms with van der Waals surface area (Å²) in [5, 5.41) is 10.6. The minimum atomic E-state index is -1.44. The van der Waals surface area contributed by atoms with E-state index in [2.05, 4.69) is 222 Å². The Morgan fingerprint density at radius 2 is 0.716 bits per heavy atom. The summed E-state index contributed by atoms with van der Waals surface area (Å²) < 4.78 is 17.7. The number of aromatic nitrogens is 9. The quantitative estimate of drug-likeness (QED) is 0.0894. The van der Waals surface area contributed by atoms with E-state index in [1.54, 1.807) is 18.6 Å². The molecule has 3 radical (unpaired) electrons. The van der Waals surface area contributed by atoms with Gasteiger partial charge in [0.05, 0.1) is 46.7 Å². The summed E-state index contributed by atoms with van der Waals surface area (Å²) in [6.45, 7) is 33.6. The molecule has 0 fully saturated rings. The van der Waals surface area contributed by atoms with Crippen LogP contribution in [0.15, 0.2) is 275 Å². The summed E-state index contributed by atoms with van der Waals surface area (Å²) in [5.41, 5.74) is 21.8. The number of pyridine rings is 9. The molecule has 12 aromatic heterocycles. The number of rotatable bonds is 11. The van der Waals surface area contributed by atoms with Gasteiger partial charge in [0.25, 0.3) is 0 Å². The summed E-state index contributed by atoms with van der Waals surface area (Å²) >= 11 is 0. The van der Waals surface area contributed by atoms with Gasteiger partial charge in [-0.3, -0.25) is 4.98 Å². The van der Waals surface area contributed by atoms with E-state index in [0.29, 0.717) is 17.3 Å². The van der Waals surface area contributed by atoms with Crippen molar-refractivity contribution in [2.75, 3.05) is 0 Å². The van der Waals surface area contributed by atoms with Gasteiger partial charge in [0.2, 0.25) is 11.4 Å². The second-order valence-corrected chi connectivity index (χ2v) is 46.6. The second-order valence-electron chi connectivity index (χ2n) is 31.4. The van der Waals surface area contributed by atoms with Crippen LogP contribution >= 0.6 is 0 Å². The molecule has 0 amide bonds. The summed E-state index contributed by atoms with van der Waals surface area (Å²) in [7, 11) is -4.10. The molecule has 116 heavy (non-hydrogen) atoms. The van der Waals surface area contributed by atoms with Crippen LogP contribution in [0.1, 0.15) is 42.2 Å². The fraction of sp³-hybridized carbons (Fsp3) is 0.173. The standard InChI is InChI=1S/C24H27N2OSi.C21H21N2OSi.C20H19N2OSi.3C11H8N.3Ir/c1-15(2)11-18-13-21(25-14-23(18)28(4,5)6)17-8-10-22-20(12-17)19-9-7-16(3)26-24(19)27-22;1-13-10-18-17-11-15(6-9-20(17)24-21(18)14(2)23-13)19-8-7-16(12-22-19)25(3,4)5;1-13-5-8-16-17-11-14(6-10-19(17)23-20(16)22-13)18-9-7-15(12-21-18)24(2,3)4;3*1-2-6-10(7-3-1)11-8-4-5-9-12-11;;;/h7,9-10,12-15H,11H2,1-6H3;7-12H,1-5H3;5,7-12H,1-4H3;3*1-6,8-9H;;;/q6*-1;;;. The van der Waals surface area contributed by atoms with E-state index in [1.165, 1.54) is 21.1 Å². The first-order valence-corrected chi connectivity index (χ1v) is 48.6. The van der Waals surface area contributed by atoms with Crippen molar-refractivity contribution in [1.29, 1.82) is 0 Å². The van der Waals surface area contributed by atoms with Gasteiger partial charge >= 0.3 is 0 Å². The molecule has 591 valence electrons. The monoisotopic (exact) mass is 2100 g/mol. The average Bonchev–Trinajstić information content (AvgIpc) is 1.62. The van der Waals surface area contributed by atoms with E-state index in [9.17, 15) is 0 Å². The number of hydrogen-bond donors (Lipinski definition) is 0. The molecule has 0 bridgehead atoms. The molecule has 0 unspecified atom stereocenters. The molecular weight excluding hydrogens is 2010 g/mol. The Morgan fingerprint density at radius 3 is 1.08 bits per heavy atom. The van der Waals surface area contributed by atoms with Crippen molar-refractivity contribution in [2.24, 2.45) is 5.92 Å². The maximum atomic E-state index is 5.98. The van der Waals surface area contributed by atoms with Crippen molar-refractivity contribution in [2.45, 2.75) is 107 Å². The van der Waals surface area contributed by atoms with Crippen molar-refractivity contribution in [1.82, 2.24) is 44.9 Å². The van der Waals surface area contributed by atoms with Crippen LogP contribution in [0.5, 0.6) is 0 Å². The minimum Gasteiger partial charge on any atom is -0.499 e. The zero-order valence-electron chi connectivity index (χ0n) is 67.9. The van der Waals surface area contributed by atoms with Gasteiger partial charge in [0.1, 0.15) is 5.58 Å². The Kier molecular flexibility index (Phi) is 30.0. The van der Waals surface area contributed by atoms with E-state index < -0.39 is 24.2 Å². The minimum absolute atomic E-state index is 0. The third kappa shape index (κ3) is 22.2. The fourth-order valence-corrected chi connectivity index (χ4v) is 16.7. The molecule has 0 saturated heterocycles. The van der Waals surface area contributed by atoms with Crippen LogP contribution in [0.3, 0.4) is 0 Å². The van der Waals surface area contributed by atoms with Crippen LogP contribution in [-0.2, 0) is 66.7 Å². The first-order valence-electron chi connectivity index (χ1n) is 38.1. The van der Waals surface area contributed by atoms with Crippen molar-refractivity contribution in [3.8, 4) is 67.5 Å². The smallest absolute Gasteiger partial charge is 0.216 e. The third-order valence-corrected chi connectivity index (χ3v) is 25.1. The SMILES string of the molecule is Cc1cc2c(oc3c[c-]c(-c4ccc([Si](C)(C)C)cn4)cc32)c(C)n1.Cc1ccc2c(n1)oc1c[c-]c(-c3cc(CC(C)C)c([Si](C)(C)C)cn3)cc12.Cc1ccc2c(n1)oc1c[c-]c(-c3ccc([Si](C)(C)C)cn3)cc12.[Ir].[Ir].[Ir].[c-]1ccccc1-c1ccccn1.[c-]1ccccc1-c1ccccn1.[c-]1ccccc1-c1ccccn1.